The van der Waals surface area contributed by atoms with Gasteiger partial charge in [0.2, 0.25) is 5.76 Å². The summed E-state index contributed by atoms with van der Waals surface area (Å²) in [6.45, 7) is 0. The Morgan fingerprint density at radius 2 is 1.55 bits per heavy atom. The molecule has 0 aliphatic rings. The van der Waals surface area contributed by atoms with Gasteiger partial charge in [-0.1, -0.05) is 36.4 Å². The molecule has 0 saturated carbocycles. The van der Waals surface area contributed by atoms with Crippen LogP contribution in [-0.2, 0) is 10.0 Å². The lowest BCUT2D eigenvalue weighted by atomic mass is 10.2. The zero-order valence-corrected chi connectivity index (χ0v) is 16.3. The molecule has 3 aromatic carbocycles. The van der Waals surface area contributed by atoms with Crippen molar-refractivity contribution >= 4 is 32.6 Å². The van der Waals surface area contributed by atoms with Gasteiger partial charge in [0.1, 0.15) is 11.3 Å². The fraction of sp³-hybridized carbons (Fsp3) is 0.0455. The van der Waals surface area contributed by atoms with Crippen LogP contribution in [0, 0.1) is 0 Å². The summed E-state index contributed by atoms with van der Waals surface area (Å²) >= 11 is 0. The molecule has 4 aromatic rings. The zero-order chi connectivity index (χ0) is 20.4. The average molecular weight is 407 g/mol. The van der Waals surface area contributed by atoms with Crippen LogP contribution in [0.15, 0.2) is 94.2 Å². The van der Waals surface area contributed by atoms with E-state index >= 15 is 0 Å². The van der Waals surface area contributed by atoms with Crippen LogP contribution in [-0.4, -0.2) is 21.4 Å². The smallest absolute Gasteiger partial charge is 0.379 e. The normalized spacial score (nSPS) is 11.3. The maximum absolute atomic E-state index is 12.7. The first-order chi connectivity index (χ1) is 13.9. The van der Waals surface area contributed by atoms with Crippen molar-refractivity contribution in [2.45, 2.75) is 4.90 Å². The van der Waals surface area contributed by atoms with Gasteiger partial charge in [-0.25, -0.2) is 13.2 Å². The molecule has 0 amide bonds. The van der Waals surface area contributed by atoms with Crippen LogP contribution in [0.5, 0.6) is 5.75 Å². The quantitative estimate of drug-likeness (QED) is 0.360. The molecule has 1 aromatic heterocycles. The van der Waals surface area contributed by atoms with Crippen LogP contribution in [0.25, 0.3) is 11.0 Å². The highest BCUT2D eigenvalue weighted by molar-refractivity contribution is 7.92. The maximum Gasteiger partial charge on any atom is 0.379 e. The number of hydrogen-bond acceptors (Lipinski definition) is 5. The number of para-hydroxylation sites is 1. The molecular weight excluding hydrogens is 390 g/mol. The van der Waals surface area contributed by atoms with Crippen LogP contribution in [0.4, 0.5) is 5.69 Å². The Labute approximate surface area is 168 Å². The van der Waals surface area contributed by atoms with E-state index in [4.69, 9.17) is 9.15 Å². The third-order valence-electron chi connectivity index (χ3n) is 4.44. The number of benzene rings is 3. The third-order valence-corrected chi connectivity index (χ3v) is 6.24. The molecule has 4 rings (SSSR count). The molecule has 0 aliphatic carbocycles. The molecule has 1 heterocycles. The molecule has 0 unspecified atom stereocenters. The first kappa shape index (κ1) is 18.8. The van der Waals surface area contributed by atoms with Crippen LogP contribution in [0.2, 0.25) is 0 Å². The summed E-state index contributed by atoms with van der Waals surface area (Å²) in [5, 5.41) is 0.808. The van der Waals surface area contributed by atoms with Crippen molar-refractivity contribution in [2.75, 3.05) is 11.4 Å². The van der Waals surface area contributed by atoms with E-state index in [2.05, 4.69) is 0 Å². The lowest BCUT2D eigenvalue weighted by Crippen LogP contribution is -2.26. The van der Waals surface area contributed by atoms with Gasteiger partial charge in [-0.2, -0.15) is 0 Å². The van der Waals surface area contributed by atoms with Crippen molar-refractivity contribution in [3.8, 4) is 5.75 Å². The van der Waals surface area contributed by atoms with Gasteiger partial charge < -0.3 is 9.15 Å². The molecule has 0 bridgehead atoms. The second-order valence-electron chi connectivity index (χ2n) is 6.32. The first-order valence-electron chi connectivity index (χ1n) is 8.80. The summed E-state index contributed by atoms with van der Waals surface area (Å²) in [6.07, 6.45) is 0. The fourth-order valence-electron chi connectivity index (χ4n) is 2.85. The summed E-state index contributed by atoms with van der Waals surface area (Å²) < 4.78 is 37.4. The molecule has 0 atom stereocenters. The standard InChI is InChI=1S/C22H17NO5S/c1-23(29(25,26)19-8-3-2-4-9-19)17-11-13-18(14-12-17)27-22(24)21-15-16-7-5-6-10-20(16)28-21/h2-15H,1H3. The van der Waals surface area contributed by atoms with E-state index in [1.807, 2.05) is 18.2 Å². The van der Waals surface area contributed by atoms with Crippen molar-refractivity contribution in [3.63, 3.8) is 0 Å². The lowest BCUT2D eigenvalue weighted by molar-refractivity contribution is 0.0704. The van der Waals surface area contributed by atoms with Gasteiger partial charge >= 0.3 is 5.97 Å². The number of ether oxygens (including phenoxy) is 1. The zero-order valence-electron chi connectivity index (χ0n) is 15.5. The molecule has 7 heteroatoms. The molecule has 146 valence electrons. The Morgan fingerprint density at radius 1 is 0.897 bits per heavy atom. The number of anilines is 1. The van der Waals surface area contributed by atoms with Crippen LogP contribution < -0.4 is 9.04 Å². The number of esters is 1. The minimum Gasteiger partial charge on any atom is -0.449 e. The monoisotopic (exact) mass is 407 g/mol. The summed E-state index contributed by atoms with van der Waals surface area (Å²) in [7, 11) is -2.21. The summed E-state index contributed by atoms with van der Waals surface area (Å²) in [5.41, 5.74) is 1.04. The predicted molar refractivity (Wildman–Crippen MR) is 110 cm³/mol. The topological polar surface area (TPSA) is 76.8 Å². The first-order valence-corrected chi connectivity index (χ1v) is 10.2. The Bertz CT molecular complexity index is 1230. The number of hydrogen-bond donors (Lipinski definition) is 0. The van der Waals surface area contributed by atoms with Crippen molar-refractivity contribution in [1.82, 2.24) is 0 Å². The second kappa shape index (κ2) is 7.44. The van der Waals surface area contributed by atoms with E-state index in [9.17, 15) is 13.2 Å². The summed E-state index contributed by atoms with van der Waals surface area (Å²) in [6, 6.07) is 23.3. The van der Waals surface area contributed by atoms with Crippen LogP contribution >= 0.6 is 0 Å². The Kier molecular flexibility index (Phi) is 4.82. The molecule has 0 fully saturated rings. The van der Waals surface area contributed by atoms with Crippen molar-refractivity contribution in [3.05, 3.63) is 90.7 Å². The van der Waals surface area contributed by atoms with E-state index < -0.39 is 16.0 Å². The minimum atomic E-state index is -3.68. The van der Waals surface area contributed by atoms with E-state index in [-0.39, 0.29) is 16.4 Å². The van der Waals surface area contributed by atoms with Gasteiger partial charge in [-0.05, 0) is 48.5 Å². The third kappa shape index (κ3) is 3.72. The van der Waals surface area contributed by atoms with Gasteiger partial charge in [0.05, 0.1) is 10.6 Å². The van der Waals surface area contributed by atoms with Gasteiger partial charge in [0, 0.05) is 12.4 Å². The maximum atomic E-state index is 12.7. The van der Waals surface area contributed by atoms with Crippen molar-refractivity contribution in [2.24, 2.45) is 0 Å². The second-order valence-corrected chi connectivity index (χ2v) is 8.29. The van der Waals surface area contributed by atoms with Gasteiger partial charge in [0.15, 0.2) is 0 Å². The molecule has 0 aliphatic heterocycles. The molecule has 0 N–H and O–H groups in total. The Hall–Kier alpha value is -3.58. The number of nitrogens with zero attached hydrogens (tertiary/aromatic N) is 1. The van der Waals surface area contributed by atoms with Crippen molar-refractivity contribution < 1.29 is 22.4 Å². The molecule has 6 nitrogen and oxygen atoms in total. The molecule has 0 saturated heterocycles. The fourth-order valence-corrected chi connectivity index (χ4v) is 4.07. The number of carbonyl (C=O) groups excluding carboxylic acids is 1. The van der Waals surface area contributed by atoms with Gasteiger partial charge in [-0.3, -0.25) is 4.31 Å². The van der Waals surface area contributed by atoms with Gasteiger partial charge in [0.25, 0.3) is 10.0 Å². The highest BCUT2D eigenvalue weighted by atomic mass is 32.2. The number of rotatable bonds is 5. The number of furan rings is 1. The highest BCUT2D eigenvalue weighted by Crippen LogP contribution is 2.25. The van der Waals surface area contributed by atoms with E-state index in [0.717, 1.165) is 5.39 Å². The Morgan fingerprint density at radius 3 is 2.24 bits per heavy atom. The molecular formula is C22H17NO5S. The van der Waals surface area contributed by atoms with Crippen molar-refractivity contribution in [1.29, 1.82) is 0 Å². The SMILES string of the molecule is CN(c1ccc(OC(=O)c2cc3ccccc3o2)cc1)S(=O)(=O)c1ccccc1. The van der Waals surface area contributed by atoms with Crippen LogP contribution in [0.3, 0.4) is 0 Å². The predicted octanol–water partition coefficient (Wildman–Crippen LogP) is 4.48. The largest absolute Gasteiger partial charge is 0.449 e. The highest BCUT2D eigenvalue weighted by Gasteiger charge is 2.21. The summed E-state index contributed by atoms with van der Waals surface area (Å²) in [4.78, 5) is 12.5. The molecule has 29 heavy (non-hydrogen) atoms. The number of carbonyl (C=O) groups is 1. The average Bonchev–Trinajstić information content (AvgIpc) is 3.19. The van der Waals surface area contributed by atoms with Gasteiger partial charge in [-0.15, -0.1) is 0 Å². The minimum absolute atomic E-state index is 0.0963. The van der Waals surface area contributed by atoms with Crippen LogP contribution in [0.1, 0.15) is 10.6 Å². The van der Waals surface area contributed by atoms with E-state index in [1.165, 1.54) is 35.6 Å². The molecule has 0 spiro atoms. The number of fused-ring (bicyclic) bond motifs is 1. The van der Waals surface area contributed by atoms with E-state index in [0.29, 0.717) is 11.3 Å². The molecule has 0 radical (unpaired) electrons. The number of sulfonamides is 1. The van der Waals surface area contributed by atoms with E-state index in [1.54, 1.807) is 42.5 Å². The Balaban J connectivity index is 1.51. The summed E-state index contributed by atoms with van der Waals surface area (Å²) in [5.74, 6) is -0.247. The lowest BCUT2D eigenvalue weighted by Gasteiger charge is -2.19.